The lowest BCUT2D eigenvalue weighted by Crippen LogP contribution is -2.30. The number of fused-ring (bicyclic) bond motifs is 1. The Morgan fingerprint density at radius 1 is 1.06 bits per heavy atom. The largest absolute Gasteiger partial charge is 0.508 e. The van der Waals surface area contributed by atoms with Gasteiger partial charge in [0.05, 0.1) is 18.8 Å². The van der Waals surface area contributed by atoms with Crippen molar-refractivity contribution in [2.75, 3.05) is 13.2 Å². The molecule has 3 aromatic rings. The molecule has 6 nitrogen and oxygen atoms in total. The van der Waals surface area contributed by atoms with Gasteiger partial charge in [0.15, 0.2) is 6.10 Å². The lowest BCUT2D eigenvalue weighted by Gasteiger charge is -2.30. The third kappa shape index (κ3) is 5.39. The van der Waals surface area contributed by atoms with Crippen molar-refractivity contribution in [1.29, 1.82) is 0 Å². The van der Waals surface area contributed by atoms with Crippen LogP contribution in [0, 0.1) is 13.8 Å². The van der Waals surface area contributed by atoms with E-state index < -0.39 is 17.7 Å². The third-order valence-electron chi connectivity index (χ3n) is 6.19. The molecule has 0 saturated heterocycles. The van der Waals surface area contributed by atoms with Gasteiger partial charge in [0, 0.05) is 22.5 Å². The fourth-order valence-electron chi connectivity index (χ4n) is 4.78. The number of phenols is 1. The third-order valence-corrected chi connectivity index (χ3v) is 6.19. The molecule has 0 fully saturated rings. The number of aromatic nitrogens is 1. The van der Waals surface area contributed by atoms with Gasteiger partial charge in [-0.1, -0.05) is 18.2 Å². The number of pyridine rings is 1. The molecule has 1 N–H and O–H groups in total. The number of carbonyl (C=O) groups is 1. The Kier molecular flexibility index (Phi) is 7.36. The van der Waals surface area contributed by atoms with Crippen LogP contribution in [0.3, 0.4) is 0 Å². The second kappa shape index (κ2) is 10.3. The van der Waals surface area contributed by atoms with Gasteiger partial charge in [-0.25, -0.2) is 4.79 Å². The summed E-state index contributed by atoms with van der Waals surface area (Å²) >= 11 is 0. The van der Waals surface area contributed by atoms with Gasteiger partial charge < -0.3 is 19.3 Å². The number of phenolic OH excluding ortho intramolecular Hbond substituents is 1. The van der Waals surface area contributed by atoms with Crippen LogP contribution >= 0.6 is 0 Å². The number of carbonyl (C=O) groups excluding carboxylic acids is 1. The smallest absolute Gasteiger partial charge is 0.340 e. The van der Waals surface area contributed by atoms with Crippen LogP contribution in [-0.4, -0.2) is 34.9 Å². The molecule has 190 valence electrons. The standard InChI is InChI=1S/C30H35NO5/c1-7-34-29(33)28(36-30(4,5)6)26-19(3)31-18(2)25(20-10-13-23(32)14-11-20)27(26)22-12-15-24-21(17-22)9-8-16-35-24/h10-15,17,28,32H,7-9,16H2,1-6H3/t28-/m0/s1. The Labute approximate surface area is 213 Å². The molecule has 0 amide bonds. The summed E-state index contributed by atoms with van der Waals surface area (Å²) in [6.07, 6.45) is 0.924. The van der Waals surface area contributed by atoms with Crippen molar-refractivity contribution in [2.45, 2.75) is 66.1 Å². The minimum absolute atomic E-state index is 0.185. The molecule has 6 heteroatoms. The first-order chi connectivity index (χ1) is 17.1. The highest BCUT2D eigenvalue weighted by Gasteiger charge is 2.34. The van der Waals surface area contributed by atoms with E-state index in [1.165, 1.54) is 0 Å². The van der Waals surface area contributed by atoms with Crippen LogP contribution in [0.15, 0.2) is 42.5 Å². The summed E-state index contributed by atoms with van der Waals surface area (Å²) in [4.78, 5) is 18.2. The summed E-state index contributed by atoms with van der Waals surface area (Å²) in [5.74, 6) is 0.637. The summed E-state index contributed by atoms with van der Waals surface area (Å²) in [6.45, 7) is 12.4. The first kappa shape index (κ1) is 25.7. The summed E-state index contributed by atoms with van der Waals surface area (Å²) < 4.78 is 17.7. The maximum Gasteiger partial charge on any atom is 0.340 e. The van der Waals surface area contributed by atoms with E-state index in [0.29, 0.717) is 17.9 Å². The number of hydrogen-bond donors (Lipinski definition) is 1. The lowest BCUT2D eigenvalue weighted by molar-refractivity contribution is -0.166. The van der Waals surface area contributed by atoms with Gasteiger partial charge in [0.2, 0.25) is 0 Å². The number of rotatable bonds is 6. The highest BCUT2D eigenvalue weighted by molar-refractivity contribution is 5.91. The van der Waals surface area contributed by atoms with Gasteiger partial charge in [0.1, 0.15) is 11.5 Å². The zero-order valence-electron chi connectivity index (χ0n) is 22.0. The molecule has 0 radical (unpaired) electrons. The van der Waals surface area contributed by atoms with Gasteiger partial charge in [-0.05, 0) is 101 Å². The van der Waals surface area contributed by atoms with Crippen molar-refractivity contribution in [2.24, 2.45) is 0 Å². The van der Waals surface area contributed by atoms with Crippen LogP contribution in [0.1, 0.15) is 62.7 Å². The van der Waals surface area contributed by atoms with Crippen molar-refractivity contribution >= 4 is 5.97 Å². The van der Waals surface area contributed by atoms with Crippen molar-refractivity contribution in [3.8, 4) is 33.8 Å². The first-order valence-corrected chi connectivity index (χ1v) is 12.5. The maximum absolute atomic E-state index is 13.3. The van der Waals surface area contributed by atoms with Crippen LogP contribution in [0.4, 0.5) is 0 Å². The second-order valence-corrected chi connectivity index (χ2v) is 10.1. The monoisotopic (exact) mass is 489 g/mol. The van der Waals surface area contributed by atoms with Gasteiger partial charge in [-0.2, -0.15) is 0 Å². The highest BCUT2D eigenvalue weighted by atomic mass is 16.6. The fraction of sp³-hybridized carbons (Fsp3) is 0.400. The zero-order valence-corrected chi connectivity index (χ0v) is 22.0. The Balaban J connectivity index is 2.05. The molecule has 4 rings (SSSR count). The number of aromatic hydroxyl groups is 1. The number of nitrogens with zero attached hydrogens (tertiary/aromatic N) is 1. The van der Waals surface area contributed by atoms with E-state index in [1.54, 1.807) is 19.1 Å². The molecule has 2 heterocycles. The van der Waals surface area contributed by atoms with Crippen LogP contribution in [0.25, 0.3) is 22.3 Å². The highest BCUT2D eigenvalue weighted by Crippen LogP contribution is 2.44. The van der Waals surface area contributed by atoms with Gasteiger partial charge >= 0.3 is 5.97 Å². The summed E-state index contributed by atoms with van der Waals surface area (Å²) in [6, 6.07) is 13.2. The molecule has 1 aliphatic rings. The van der Waals surface area contributed by atoms with E-state index in [2.05, 4.69) is 6.07 Å². The van der Waals surface area contributed by atoms with Crippen LogP contribution < -0.4 is 4.74 Å². The molecule has 0 aliphatic carbocycles. The predicted octanol–water partition coefficient (Wildman–Crippen LogP) is 6.48. The van der Waals surface area contributed by atoms with Crippen LogP contribution in [-0.2, 0) is 20.7 Å². The fourth-order valence-corrected chi connectivity index (χ4v) is 4.78. The summed E-state index contributed by atoms with van der Waals surface area (Å²) in [5.41, 5.74) is 6.37. The molecule has 36 heavy (non-hydrogen) atoms. The second-order valence-electron chi connectivity index (χ2n) is 10.1. The Morgan fingerprint density at radius 3 is 2.42 bits per heavy atom. The Hall–Kier alpha value is -3.38. The maximum atomic E-state index is 13.3. The first-order valence-electron chi connectivity index (χ1n) is 12.5. The molecule has 1 atom stereocenters. The minimum atomic E-state index is -0.962. The van der Waals surface area contributed by atoms with Crippen LogP contribution in [0.2, 0.25) is 0 Å². The predicted molar refractivity (Wildman–Crippen MR) is 140 cm³/mol. The van der Waals surface area contributed by atoms with E-state index >= 15 is 0 Å². The number of ether oxygens (including phenoxy) is 3. The molecular formula is C30H35NO5. The average molecular weight is 490 g/mol. The van der Waals surface area contributed by atoms with Crippen molar-refractivity contribution in [3.63, 3.8) is 0 Å². The molecule has 0 spiro atoms. The average Bonchev–Trinajstić information content (AvgIpc) is 2.82. The SMILES string of the molecule is CCOC(=O)[C@@H](OC(C)(C)C)c1c(C)nc(C)c(-c2ccc(O)cc2)c1-c1ccc2c(c1)CCCO2. The number of aryl methyl sites for hydroxylation is 3. The van der Waals surface area contributed by atoms with E-state index in [-0.39, 0.29) is 12.4 Å². The van der Waals surface area contributed by atoms with Crippen LogP contribution in [0.5, 0.6) is 11.5 Å². The number of esters is 1. The van der Waals surface area contributed by atoms with E-state index in [4.69, 9.17) is 19.2 Å². The van der Waals surface area contributed by atoms with E-state index in [0.717, 1.165) is 52.1 Å². The van der Waals surface area contributed by atoms with Crippen molar-refractivity contribution in [3.05, 3.63) is 65.0 Å². The van der Waals surface area contributed by atoms with E-state index in [1.807, 2.05) is 58.9 Å². The Bertz CT molecular complexity index is 1260. The van der Waals surface area contributed by atoms with E-state index in [9.17, 15) is 9.90 Å². The normalized spacial score (nSPS) is 14.1. The summed E-state index contributed by atoms with van der Waals surface area (Å²) in [5, 5.41) is 9.93. The number of benzene rings is 2. The topological polar surface area (TPSA) is 77.9 Å². The molecular weight excluding hydrogens is 454 g/mol. The zero-order chi connectivity index (χ0) is 26.0. The number of hydrogen-bond acceptors (Lipinski definition) is 6. The van der Waals surface area contributed by atoms with Crippen molar-refractivity contribution in [1.82, 2.24) is 4.98 Å². The van der Waals surface area contributed by atoms with Crippen molar-refractivity contribution < 1.29 is 24.1 Å². The quantitative estimate of drug-likeness (QED) is 0.399. The molecule has 0 bridgehead atoms. The lowest BCUT2D eigenvalue weighted by atomic mass is 9.85. The molecule has 1 aromatic heterocycles. The van der Waals surface area contributed by atoms with Gasteiger partial charge in [-0.15, -0.1) is 0 Å². The molecule has 2 aromatic carbocycles. The van der Waals surface area contributed by atoms with Gasteiger partial charge in [0.25, 0.3) is 0 Å². The minimum Gasteiger partial charge on any atom is -0.508 e. The van der Waals surface area contributed by atoms with Gasteiger partial charge in [-0.3, -0.25) is 4.98 Å². The molecule has 0 saturated carbocycles. The molecule has 1 aliphatic heterocycles. The molecule has 0 unspecified atom stereocenters. The Morgan fingerprint density at radius 2 is 1.75 bits per heavy atom. The summed E-state index contributed by atoms with van der Waals surface area (Å²) in [7, 11) is 0.